The third kappa shape index (κ3) is 10.8. The van der Waals surface area contributed by atoms with Crippen molar-refractivity contribution in [2.75, 3.05) is 44.4 Å². The van der Waals surface area contributed by atoms with Gasteiger partial charge in [-0.1, -0.05) is 81.5 Å². The third-order valence-corrected chi connectivity index (χ3v) is 12.0. The first-order valence-corrected chi connectivity index (χ1v) is 19.9. The largest absolute Gasteiger partial charge is 0.389 e. The molecule has 0 radical (unpaired) electrons. The number of rotatable bonds is 17. The molecule has 3 aromatic rings. The van der Waals surface area contributed by atoms with E-state index in [1.807, 2.05) is 47.4 Å². The van der Waals surface area contributed by atoms with Crippen molar-refractivity contribution >= 4 is 32.4 Å². The smallest absolute Gasteiger partial charge is 0.243 e. The van der Waals surface area contributed by atoms with Crippen molar-refractivity contribution < 1.29 is 33.0 Å². The molecule has 1 saturated heterocycles. The first kappa shape index (κ1) is 37.9. The lowest BCUT2D eigenvalue weighted by molar-refractivity contribution is -0.132. The molecule has 0 unspecified atom stereocenters. The maximum Gasteiger partial charge on any atom is 0.243 e. The van der Waals surface area contributed by atoms with Crippen molar-refractivity contribution in [2.45, 2.75) is 82.6 Å². The predicted octanol–water partition coefficient (Wildman–Crippen LogP) is 2.39. The molecule has 274 valence electrons. The van der Waals surface area contributed by atoms with Crippen molar-refractivity contribution in [3.05, 3.63) is 66.2 Å². The first-order chi connectivity index (χ1) is 24.1. The number of ether oxygens (including phenoxy) is 1. The summed E-state index contributed by atoms with van der Waals surface area (Å²) in [4.78, 5) is 37.5. The Kier molecular flexibility index (Phi) is 13.8. The lowest BCUT2D eigenvalue weighted by Gasteiger charge is -2.35. The predicted molar refractivity (Wildman–Crippen MR) is 192 cm³/mol. The van der Waals surface area contributed by atoms with Crippen LogP contribution in [0.15, 0.2) is 55.0 Å². The standard InChI is InChI=1S/C37H53N5O7S/c1-2-50(47,48)24-29(20-28-13-8-12-27-11-6-7-14-31(27)28)36(45)41-33(21-30-22-38-25-39-30)37(46)40-32(19-26-9-4-3-5-10-26)35(44)34(43)23-42-15-17-49-18-16-42/h6-8,11-14,22,25-26,29,32-35,43-44H,2-5,9-10,15-21,23-24H2,1H3,(H,38,39)(H,40,46)(H,41,45)/t29-,32+,33+,34+,35-/m1/s1. The van der Waals surface area contributed by atoms with Crippen molar-refractivity contribution in [2.24, 2.45) is 11.8 Å². The van der Waals surface area contributed by atoms with Crippen LogP contribution in [0, 0.1) is 11.8 Å². The number of amides is 2. The average molecular weight is 712 g/mol. The highest BCUT2D eigenvalue weighted by molar-refractivity contribution is 7.91. The molecule has 1 aliphatic carbocycles. The summed E-state index contributed by atoms with van der Waals surface area (Å²) in [5, 5.41) is 30.5. The molecular formula is C37H53N5O7S. The number of fused-ring (bicyclic) bond motifs is 1. The van der Waals surface area contributed by atoms with Gasteiger partial charge in [-0.3, -0.25) is 14.5 Å². The Hall–Kier alpha value is -3.36. The number of nitrogens with one attached hydrogen (secondary N) is 3. The number of hydrogen-bond acceptors (Lipinski definition) is 9. The Morgan fingerprint density at radius 2 is 1.74 bits per heavy atom. The van der Waals surface area contributed by atoms with Crippen molar-refractivity contribution in [3.63, 3.8) is 0 Å². The Bertz CT molecular complexity index is 1620. The topological polar surface area (TPSA) is 174 Å². The number of hydrogen-bond donors (Lipinski definition) is 5. The van der Waals surface area contributed by atoms with Crippen LogP contribution in [0.25, 0.3) is 10.8 Å². The molecule has 2 aromatic carbocycles. The lowest BCUT2D eigenvalue weighted by atomic mass is 9.83. The summed E-state index contributed by atoms with van der Waals surface area (Å²) in [7, 11) is -3.56. The summed E-state index contributed by atoms with van der Waals surface area (Å²) in [6, 6.07) is 11.6. The number of benzene rings is 2. The van der Waals surface area contributed by atoms with Gasteiger partial charge >= 0.3 is 0 Å². The molecule has 2 amide bonds. The van der Waals surface area contributed by atoms with Gasteiger partial charge in [0, 0.05) is 38.0 Å². The van der Waals surface area contributed by atoms with Crippen LogP contribution in [0.5, 0.6) is 0 Å². The fourth-order valence-electron chi connectivity index (χ4n) is 7.27. The average Bonchev–Trinajstić information content (AvgIpc) is 3.64. The number of morpholine rings is 1. The highest BCUT2D eigenvalue weighted by Gasteiger charge is 2.35. The second kappa shape index (κ2) is 18.2. The Morgan fingerprint density at radius 1 is 1.00 bits per heavy atom. The first-order valence-electron chi connectivity index (χ1n) is 18.0. The molecule has 0 spiro atoms. The van der Waals surface area contributed by atoms with E-state index in [-0.39, 0.29) is 36.8 Å². The molecule has 2 heterocycles. The van der Waals surface area contributed by atoms with Gasteiger partial charge in [0.2, 0.25) is 11.8 Å². The molecule has 13 heteroatoms. The van der Waals surface area contributed by atoms with Crippen molar-refractivity contribution in [1.29, 1.82) is 0 Å². The highest BCUT2D eigenvalue weighted by Crippen LogP contribution is 2.29. The van der Waals surface area contributed by atoms with E-state index in [2.05, 4.69) is 20.6 Å². The number of aliphatic hydroxyl groups is 2. The van der Waals surface area contributed by atoms with Gasteiger partial charge in [0.15, 0.2) is 9.84 Å². The van der Waals surface area contributed by atoms with E-state index in [1.54, 1.807) is 13.1 Å². The Labute approximate surface area is 295 Å². The van der Waals surface area contributed by atoms with Crippen LogP contribution in [0.3, 0.4) is 0 Å². The second-order valence-electron chi connectivity index (χ2n) is 13.9. The van der Waals surface area contributed by atoms with Gasteiger partial charge in [0.1, 0.15) is 12.1 Å². The minimum atomic E-state index is -3.56. The van der Waals surface area contributed by atoms with Crippen molar-refractivity contribution in [3.8, 4) is 0 Å². The van der Waals surface area contributed by atoms with Crippen LogP contribution >= 0.6 is 0 Å². The number of β-amino-alcohol motifs (C(OH)–C–C–N with tert-alkyl or cyclic N) is 1. The second-order valence-corrected chi connectivity index (χ2v) is 16.3. The molecule has 5 N–H and O–H groups in total. The number of aliphatic hydroxyl groups excluding tert-OH is 2. The van der Waals surface area contributed by atoms with Gasteiger partial charge < -0.3 is 30.6 Å². The number of sulfone groups is 1. The van der Waals surface area contributed by atoms with Crippen LogP contribution in [0.4, 0.5) is 0 Å². The lowest BCUT2D eigenvalue weighted by Crippen LogP contribution is -2.58. The fourth-order valence-corrected chi connectivity index (χ4v) is 8.39. The number of nitrogens with zero attached hydrogens (tertiary/aromatic N) is 2. The summed E-state index contributed by atoms with van der Waals surface area (Å²) in [5.74, 6) is -2.24. The minimum absolute atomic E-state index is 0.0468. The molecular weight excluding hydrogens is 659 g/mol. The molecule has 12 nitrogen and oxygen atoms in total. The molecule has 50 heavy (non-hydrogen) atoms. The monoisotopic (exact) mass is 711 g/mol. The SMILES string of the molecule is CCS(=O)(=O)C[C@@H](Cc1cccc2ccccc12)C(=O)N[C@@H](Cc1c[nH]cn1)C(=O)N[C@@H](CC1CCCCC1)[C@@H](O)[C@@H](O)CN1CCOCC1. The number of aromatic amines is 1. The molecule has 2 aliphatic rings. The Morgan fingerprint density at radius 3 is 2.46 bits per heavy atom. The van der Waals surface area contributed by atoms with E-state index < -0.39 is 51.9 Å². The summed E-state index contributed by atoms with van der Waals surface area (Å²) in [6.07, 6.45) is 6.76. The van der Waals surface area contributed by atoms with Crippen LogP contribution < -0.4 is 10.6 Å². The van der Waals surface area contributed by atoms with E-state index in [0.29, 0.717) is 38.4 Å². The van der Waals surface area contributed by atoms with Crippen LogP contribution in [-0.4, -0.2) is 114 Å². The normalized spacial score (nSPS) is 19.3. The number of aromatic nitrogens is 2. The van der Waals surface area contributed by atoms with Gasteiger partial charge in [-0.2, -0.15) is 0 Å². The van der Waals surface area contributed by atoms with Crippen molar-refractivity contribution in [1.82, 2.24) is 25.5 Å². The molecule has 2 fully saturated rings. The van der Waals surface area contributed by atoms with E-state index >= 15 is 0 Å². The molecule has 0 bridgehead atoms. The summed E-state index contributed by atoms with van der Waals surface area (Å²) in [6.45, 7) is 4.21. The zero-order valence-electron chi connectivity index (χ0n) is 29.0. The van der Waals surface area contributed by atoms with E-state index in [4.69, 9.17) is 4.74 Å². The van der Waals surface area contributed by atoms with Crippen LogP contribution in [-0.2, 0) is 37.0 Å². The molecule has 1 aromatic heterocycles. The minimum Gasteiger partial charge on any atom is -0.389 e. The van der Waals surface area contributed by atoms with Gasteiger partial charge in [-0.15, -0.1) is 0 Å². The van der Waals surface area contributed by atoms with E-state index in [1.165, 1.54) is 6.33 Å². The quantitative estimate of drug-likeness (QED) is 0.141. The van der Waals surface area contributed by atoms with Gasteiger partial charge in [-0.05, 0) is 35.1 Å². The van der Waals surface area contributed by atoms with Gasteiger partial charge in [0.25, 0.3) is 0 Å². The third-order valence-electron chi connectivity index (χ3n) is 10.2. The summed E-state index contributed by atoms with van der Waals surface area (Å²) in [5.41, 5.74) is 1.38. The van der Waals surface area contributed by atoms with Gasteiger partial charge in [0.05, 0.1) is 49.1 Å². The number of imidazole rings is 1. The number of H-pyrrole nitrogens is 1. The molecule has 1 aliphatic heterocycles. The fraction of sp³-hybridized carbons (Fsp3) is 0.595. The van der Waals surface area contributed by atoms with Crippen LogP contribution in [0.2, 0.25) is 0 Å². The molecule has 5 atom stereocenters. The molecule has 5 rings (SSSR count). The maximum absolute atomic E-state index is 14.2. The van der Waals surface area contributed by atoms with Gasteiger partial charge in [-0.25, -0.2) is 13.4 Å². The number of carbonyl (C=O) groups is 2. The van der Waals surface area contributed by atoms with E-state index in [9.17, 15) is 28.2 Å². The zero-order valence-corrected chi connectivity index (χ0v) is 29.8. The Balaban J connectivity index is 1.37. The van der Waals surface area contributed by atoms with Crippen LogP contribution in [0.1, 0.15) is 56.7 Å². The summed E-state index contributed by atoms with van der Waals surface area (Å²) < 4.78 is 31.3. The zero-order chi connectivity index (χ0) is 35.5. The highest BCUT2D eigenvalue weighted by atomic mass is 32.2. The number of carbonyl (C=O) groups excluding carboxylic acids is 2. The summed E-state index contributed by atoms with van der Waals surface area (Å²) >= 11 is 0. The van der Waals surface area contributed by atoms with E-state index in [0.717, 1.165) is 48.4 Å². The molecule has 1 saturated carbocycles. The maximum atomic E-state index is 14.2.